The van der Waals surface area contributed by atoms with Crippen molar-refractivity contribution in [3.05, 3.63) is 78.9 Å². The Balaban J connectivity index is 1.79. The minimum Gasteiger partial charge on any atom is -0.493 e. The highest BCUT2D eigenvalue weighted by Crippen LogP contribution is 2.44. The maximum absolute atomic E-state index is 13.7. The average molecular weight is 684 g/mol. The second-order valence-electron chi connectivity index (χ2n) is 9.00. The van der Waals surface area contributed by atoms with Crippen LogP contribution in [0, 0.1) is 0 Å². The van der Waals surface area contributed by atoms with Crippen molar-refractivity contribution in [2.24, 2.45) is 0 Å². The van der Waals surface area contributed by atoms with Gasteiger partial charge in [-0.2, -0.15) is 52.3 Å². The highest BCUT2D eigenvalue weighted by molar-refractivity contribution is 7.97. The number of hydrogen-bond donors (Lipinski definition) is 2. The van der Waals surface area contributed by atoms with Gasteiger partial charge in [0, 0.05) is 0 Å². The van der Waals surface area contributed by atoms with Crippen molar-refractivity contribution in [1.82, 2.24) is 0 Å². The normalized spacial score (nSPS) is 14.3. The van der Waals surface area contributed by atoms with Crippen molar-refractivity contribution in [2.45, 2.75) is 50.2 Å². The predicted molar refractivity (Wildman–Crippen MR) is 136 cm³/mol. The molecule has 0 saturated heterocycles. The van der Waals surface area contributed by atoms with E-state index in [0.29, 0.717) is 14.7 Å². The molecule has 0 spiro atoms. The van der Waals surface area contributed by atoms with Crippen LogP contribution in [0.3, 0.4) is 0 Å². The van der Waals surface area contributed by atoms with Gasteiger partial charge in [-0.05, 0) is 60.7 Å². The number of benzene rings is 3. The zero-order valence-corrected chi connectivity index (χ0v) is 23.4. The van der Waals surface area contributed by atoms with E-state index in [0.717, 1.165) is 12.1 Å². The summed E-state index contributed by atoms with van der Waals surface area (Å²) in [5.74, 6) is -5.62. The van der Waals surface area contributed by atoms with Gasteiger partial charge in [0.2, 0.25) is 0 Å². The Labute approximate surface area is 246 Å². The summed E-state index contributed by atoms with van der Waals surface area (Å²) in [5, 5.41) is 3.54. The second-order valence-corrected chi connectivity index (χ2v) is 12.5. The molecule has 0 radical (unpaired) electrons. The molecule has 3 aromatic carbocycles. The Morgan fingerprint density at radius 2 is 1.05 bits per heavy atom. The van der Waals surface area contributed by atoms with Gasteiger partial charge in [0.05, 0.1) is 23.9 Å². The zero-order valence-electron chi connectivity index (χ0n) is 21.8. The summed E-state index contributed by atoms with van der Waals surface area (Å²) in [6, 6.07) is 19.0. The van der Waals surface area contributed by atoms with E-state index in [9.17, 15) is 57.4 Å². The van der Waals surface area contributed by atoms with Crippen LogP contribution in [0.15, 0.2) is 93.5 Å². The summed E-state index contributed by atoms with van der Waals surface area (Å²) in [6.45, 7) is -3.20. The fourth-order valence-corrected chi connectivity index (χ4v) is 5.99. The Morgan fingerprint density at radius 3 is 1.45 bits per heavy atom. The second kappa shape index (κ2) is 12.6. The van der Waals surface area contributed by atoms with Gasteiger partial charge in [-0.15, -0.1) is 0 Å². The fraction of sp³-hybridized carbons (Fsp3) is 0.308. The van der Waals surface area contributed by atoms with Crippen LogP contribution in [-0.4, -0.2) is 60.4 Å². The van der Waals surface area contributed by atoms with E-state index in [-0.39, 0.29) is 5.75 Å². The quantitative estimate of drug-likeness (QED) is 0.123. The molecule has 18 heteroatoms. The van der Waals surface area contributed by atoms with E-state index >= 15 is 0 Å². The number of alkyl halides is 10. The van der Waals surface area contributed by atoms with Crippen LogP contribution in [0.1, 0.15) is 6.42 Å². The van der Waals surface area contributed by atoms with Crippen LogP contribution in [-0.2, 0) is 21.0 Å². The van der Waals surface area contributed by atoms with Gasteiger partial charge in [-0.3, -0.25) is 4.55 Å². The minimum atomic E-state index is -6.39. The summed E-state index contributed by atoms with van der Waals surface area (Å²) < 4.78 is 171. The lowest BCUT2D eigenvalue weighted by molar-refractivity contribution is -0.373. The first kappa shape index (κ1) is 35.3. The molecule has 0 fully saturated rings. The Kier molecular flexibility index (Phi) is 10.1. The molecule has 0 aliphatic heterocycles. The van der Waals surface area contributed by atoms with Gasteiger partial charge < -0.3 is 14.6 Å². The average Bonchev–Trinajstić information content (AvgIpc) is 2.92. The number of hydrogen-bond acceptors (Lipinski definition) is 5. The molecule has 0 bridgehead atoms. The molecule has 0 aromatic heterocycles. The van der Waals surface area contributed by atoms with Gasteiger partial charge in [0.15, 0.2) is 14.7 Å². The lowest BCUT2D eigenvalue weighted by atomic mass is 10.0. The van der Waals surface area contributed by atoms with E-state index in [2.05, 4.69) is 4.74 Å². The summed E-state index contributed by atoms with van der Waals surface area (Å²) >= 11 is 0. The molecule has 2 N–H and O–H groups in total. The maximum Gasteiger partial charge on any atom is 0.431 e. The van der Waals surface area contributed by atoms with Crippen LogP contribution in [0.5, 0.6) is 11.5 Å². The highest BCUT2D eigenvalue weighted by Gasteiger charge is 2.71. The molecule has 242 valence electrons. The van der Waals surface area contributed by atoms with Crippen LogP contribution in [0.25, 0.3) is 0 Å². The van der Waals surface area contributed by atoms with Gasteiger partial charge in [0.25, 0.3) is 5.60 Å². The minimum absolute atomic E-state index is 0.0677. The maximum atomic E-state index is 13.7. The van der Waals surface area contributed by atoms with Gasteiger partial charge in [-0.1, -0.05) is 18.2 Å². The first-order chi connectivity index (χ1) is 20.1. The Hall–Kier alpha value is -3.22. The molecule has 3 rings (SSSR count). The third-order valence-corrected chi connectivity index (χ3v) is 9.10. The third-order valence-electron chi connectivity index (χ3n) is 5.92. The van der Waals surface area contributed by atoms with Crippen molar-refractivity contribution in [3.8, 4) is 11.5 Å². The summed E-state index contributed by atoms with van der Waals surface area (Å²) in [6.07, 6.45) is -13.9. The smallest absolute Gasteiger partial charge is 0.431 e. The van der Waals surface area contributed by atoms with Crippen LogP contribution >= 0.6 is 0 Å². The van der Waals surface area contributed by atoms with E-state index in [4.69, 9.17) is 9.29 Å². The molecule has 1 unspecified atom stereocenters. The molecule has 0 amide bonds. The van der Waals surface area contributed by atoms with Crippen molar-refractivity contribution < 1.29 is 71.5 Å². The molecule has 3 aromatic rings. The molecule has 1 atom stereocenters. The molecule has 0 saturated carbocycles. The first-order valence-electron chi connectivity index (χ1n) is 11.9. The molecule has 0 aliphatic rings. The van der Waals surface area contributed by atoms with Crippen molar-refractivity contribution >= 4 is 21.0 Å². The molecule has 44 heavy (non-hydrogen) atoms. The van der Waals surface area contributed by atoms with Crippen LogP contribution in [0.2, 0.25) is 0 Å². The van der Waals surface area contributed by atoms with Crippen molar-refractivity contribution in [1.29, 1.82) is 0 Å². The largest absolute Gasteiger partial charge is 0.493 e. The van der Waals surface area contributed by atoms with Gasteiger partial charge in [-0.25, -0.2) is 0 Å². The molecule has 0 heterocycles. The number of halogens is 10. The summed E-state index contributed by atoms with van der Waals surface area (Å²) in [4.78, 5) is 1.76. The third kappa shape index (κ3) is 7.52. The zero-order chi connectivity index (χ0) is 33.2. The SMILES string of the molecule is O=S(=O)(O)C(F)(F)C(F)(F)CCOc1ccc([S+](c2ccccc2)c2ccc(OCC(O)(C(F)(F)F)C(F)(F)F)cc2)cc1. The highest BCUT2D eigenvalue weighted by atomic mass is 32.2. The number of aliphatic hydroxyl groups is 1. The van der Waals surface area contributed by atoms with E-state index < -0.39 is 75.5 Å². The predicted octanol–water partition coefficient (Wildman–Crippen LogP) is 6.90. The van der Waals surface area contributed by atoms with E-state index in [1.54, 1.807) is 30.3 Å². The van der Waals surface area contributed by atoms with E-state index in [1.165, 1.54) is 36.4 Å². The molecule has 0 aliphatic carbocycles. The molecular formula is C26H21F10O6S2+. The fourth-order valence-electron chi connectivity index (χ4n) is 3.45. The summed E-state index contributed by atoms with van der Waals surface area (Å²) in [5.41, 5.74) is -5.11. The first-order valence-corrected chi connectivity index (χ1v) is 14.6. The Morgan fingerprint density at radius 1 is 0.636 bits per heavy atom. The topological polar surface area (TPSA) is 93.1 Å². The van der Waals surface area contributed by atoms with E-state index in [1.807, 2.05) is 0 Å². The van der Waals surface area contributed by atoms with Crippen molar-refractivity contribution in [3.63, 3.8) is 0 Å². The number of ether oxygens (including phenoxy) is 2. The Bertz CT molecular complexity index is 1480. The lowest BCUT2D eigenvalue weighted by Crippen LogP contribution is -2.60. The van der Waals surface area contributed by atoms with Gasteiger partial charge >= 0.3 is 33.6 Å². The molecule has 6 nitrogen and oxygen atoms in total. The van der Waals surface area contributed by atoms with Crippen LogP contribution in [0.4, 0.5) is 43.9 Å². The summed E-state index contributed by atoms with van der Waals surface area (Å²) in [7, 11) is -7.35. The standard InChI is InChI=1S/C26H20F10O6S2/c27-23(28,26(35,36)44(38,39)40)14-15-41-17-6-10-20(11-7-17)43(19-4-2-1-3-5-19)21-12-8-18(9-13-21)42-16-22(37,24(29,30)31)25(32,33)34/h1-13,37H,14-16H2/p+1. The van der Waals surface area contributed by atoms with Crippen molar-refractivity contribution in [2.75, 3.05) is 13.2 Å². The lowest BCUT2D eigenvalue weighted by Gasteiger charge is -2.31. The molecular weight excluding hydrogens is 662 g/mol. The van der Waals surface area contributed by atoms with Gasteiger partial charge in [0.1, 0.15) is 18.1 Å². The number of rotatable bonds is 12. The monoisotopic (exact) mass is 683 g/mol. The van der Waals surface area contributed by atoms with Crippen LogP contribution < -0.4 is 9.47 Å².